The van der Waals surface area contributed by atoms with Gasteiger partial charge in [-0.2, -0.15) is 0 Å². The summed E-state index contributed by atoms with van der Waals surface area (Å²) in [4.78, 5) is 2.81. The normalized spacial score (nSPS) is 7.87. The van der Waals surface area contributed by atoms with Crippen LogP contribution in [-0.2, 0) is 21.7 Å². The van der Waals surface area contributed by atoms with Gasteiger partial charge in [-0.05, 0) is 0 Å². The van der Waals surface area contributed by atoms with Crippen LogP contribution in [0.25, 0.3) is 5.73 Å². The molecule has 2 nitrogen and oxygen atoms in total. The van der Waals surface area contributed by atoms with Gasteiger partial charge < -0.3 is 18.1 Å². The summed E-state index contributed by atoms with van der Waals surface area (Å²) < 4.78 is 0. The van der Waals surface area contributed by atoms with E-state index in [1.165, 1.54) is 0 Å². The molecule has 1 rings (SSSR count). The molecule has 0 unspecified atom stereocenters. The van der Waals surface area contributed by atoms with Gasteiger partial charge in [-0.1, -0.05) is 33.9 Å². The molecule has 2 N–H and O–H groups in total. The molecule has 86 valence electrons. The molecule has 0 saturated heterocycles. The Bertz CT molecular complexity index is 136. The largest absolute Gasteiger partial charge is 3.00 e. The average molecular weight is 260 g/mol. The van der Waals surface area contributed by atoms with Gasteiger partial charge in [-0.15, -0.1) is 17.9 Å². The van der Waals surface area contributed by atoms with Gasteiger partial charge >= 0.3 is 21.7 Å². The van der Waals surface area contributed by atoms with Crippen LogP contribution in [0, 0.1) is 13.5 Å². The molecule has 2 radical (unpaired) electrons. The topological polar surface area (TPSA) is 39.6 Å². The molecule has 1 aromatic heterocycles. The van der Waals surface area contributed by atoms with E-state index in [1.54, 1.807) is 6.20 Å². The summed E-state index contributed by atoms with van der Waals surface area (Å²) in [7, 11) is 0.750. The van der Waals surface area contributed by atoms with Crippen LogP contribution in [-0.4, -0.2) is 20.0 Å². The van der Waals surface area contributed by atoms with E-state index in [1.807, 2.05) is 33.0 Å². The van der Waals surface area contributed by atoms with E-state index in [2.05, 4.69) is 24.1 Å². The van der Waals surface area contributed by atoms with Crippen LogP contribution in [0.5, 0.6) is 0 Å². The molecule has 1 heterocycles. The van der Waals surface area contributed by atoms with Gasteiger partial charge in [0, 0.05) is 9.52 Å². The number of aromatic amines is 1. The molecule has 0 amide bonds. The number of hydrogen-bond acceptors (Lipinski definition) is 0. The Morgan fingerprint density at radius 2 is 1.60 bits per heavy atom. The Morgan fingerprint density at radius 1 is 1.27 bits per heavy atom. The minimum Gasteiger partial charge on any atom is -0.673 e. The van der Waals surface area contributed by atoms with Crippen LogP contribution in [0.1, 0.15) is 20.8 Å². The summed E-state index contributed by atoms with van der Waals surface area (Å²) in [5.74, 6) is 0. The Balaban J connectivity index is -0.0000000587. The van der Waals surface area contributed by atoms with Crippen molar-refractivity contribution in [1.29, 1.82) is 0 Å². The van der Waals surface area contributed by atoms with E-state index in [0.29, 0.717) is 0 Å². The van der Waals surface area contributed by atoms with Crippen LogP contribution < -0.4 is 0 Å². The van der Waals surface area contributed by atoms with E-state index in [9.17, 15) is 0 Å². The zero-order valence-electron chi connectivity index (χ0n) is 10.8. The fourth-order valence-corrected chi connectivity index (χ4v) is 0.241. The summed E-state index contributed by atoms with van der Waals surface area (Å²) >= 11 is 0. The summed E-state index contributed by atoms with van der Waals surface area (Å²) in [5, 5.41) is 0. The second-order valence-electron chi connectivity index (χ2n) is 3.64. The van der Waals surface area contributed by atoms with Gasteiger partial charge in [-0.3, -0.25) is 0 Å². The molecule has 4 heteroatoms. The van der Waals surface area contributed by atoms with Crippen LogP contribution in [0.3, 0.4) is 0 Å². The SMILES string of the molecule is CC(C)(C)[NH-].C[SiH]C.[CH3-].[Ti+3].[c-]1cc[nH]c1. The second-order valence-corrected chi connectivity index (χ2v) is 4.79. The van der Waals surface area contributed by atoms with Crippen LogP contribution in [0.15, 0.2) is 18.5 Å². The van der Waals surface area contributed by atoms with E-state index in [4.69, 9.17) is 5.73 Å². The monoisotopic (exact) mass is 260 g/mol. The third-order valence-corrected chi connectivity index (χ3v) is 0.442. The van der Waals surface area contributed by atoms with Crippen LogP contribution >= 0.6 is 0 Å². The van der Waals surface area contributed by atoms with Crippen molar-refractivity contribution in [3.8, 4) is 0 Å². The first kappa shape index (κ1) is 24.4. The van der Waals surface area contributed by atoms with Gasteiger partial charge in [0.15, 0.2) is 0 Å². The van der Waals surface area contributed by atoms with Crippen molar-refractivity contribution in [1.82, 2.24) is 4.98 Å². The Hall–Kier alpha value is 0.171. The Labute approximate surface area is 113 Å². The van der Waals surface area contributed by atoms with Gasteiger partial charge in [0.05, 0.1) is 0 Å². The molecule has 0 aliphatic rings. The molecule has 0 fully saturated rings. The number of aromatic nitrogens is 1. The average Bonchev–Trinajstić information content (AvgIpc) is 2.36. The van der Waals surface area contributed by atoms with E-state index in [-0.39, 0.29) is 34.7 Å². The zero-order valence-corrected chi connectivity index (χ0v) is 13.5. The molecule has 0 aliphatic carbocycles. The first-order valence-corrected chi connectivity index (χ1v) is 6.70. The van der Waals surface area contributed by atoms with Crippen molar-refractivity contribution in [2.75, 3.05) is 0 Å². The molecule has 0 spiro atoms. The number of nitrogens with one attached hydrogen (secondary N) is 2. The quantitative estimate of drug-likeness (QED) is 0.546. The van der Waals surface area contributed by atoms with Crippen molar-refractivity contribution in [3.05, 3.63) is 37.7 Å². The Kier molecular flexibility index (Phi) is 27.0. The smallest absolute Gasteiger partial charge is 0.673 e. The predicted molar refractivity (Wildman–Crippen MR) is 69.0 cm³/mol. The second kappa shape index (κ2) is 16.6. The summed E-state index contributed by atoms with van der Waals surface area (Å²) in [6.07, 6.45) is 3.57. The standard InChI is InChI=1S/C4H4N.C4H10N.C2H7Si.CH3.Ti/c1-2-4-5-3-1;1-4(2,3)5;1-3-2;;/h1,3-5H;5H,1-3H3;3H,1-2H3;1H3;/q2*-1;;-1;+3. The van der Waals surface area contributed by atoms with E-state index >= 15 is 0 Å². The third kappa shape index (κ3) is 78.5. The fraction of sp³-hybridized carbons (Fsp3) is 0.545. The number of H-pyrrole nitrogens is 1. The number of hydrogen-bond donors (Lipinski definition) is 1. The van der Waals surface area contributed by atoms with Crippen molar-refractivity contribution in [2.24, 2.45) is 0 Å². The molecule has 0 aromatic carbocycles. The minimum atomic E-state index is -0.250. The van der Waals surface area contributed by atoms with Gasteiger partial charge in [0.1, 0.15) is 0 Å². The van der Waals surface area contributed by atoms with Crippen LogP contribution in [0.4, 0.5) is 0 Å². The van der Waals surface area contributed by atoms with Crippen molar-refractivity contribution < 1.29 is 21.7 Å². The molecule has 0 atom stereocenters. The Morgan fingerprint density at radius 3 is 1.67 bits per heavy atom. The zero-order chi connectivity index (χ0) is 10.7. The fourth-order valence-electron chi connectivity index (χ4n) is 0.241. The van der Waals surface area contributed by atoms with Crippen molar-refractivity contribution >= 4 is 9.52 Å². The van der Waals surface area contributed by atoms with Gasteiger partial charge in [-0.25, -0.2) is 12.1 Å². The third-order valence-electron chi connectivity index (χ3n) is 0.442. The summed E-state index contributed by atoms with van der Waals surface area (Å²) in [5.41, 5.74) is 6.69. The first-order chi connectivity index (χ1) is 5.91. The molecule has 1 aromatic rings. The molecule has 0 aliphatic heterocycles. The van der Waals surface area contributed by atoms with Gasteiger partial charge in [0.25, 0.3) is 0 Å². The maximum absolute atomic E-state index is 6.94. The van der Waals surface area contributed by atoms with Crippen LogP contribution in [0.2, 0.25) is 13.1 Å². The number of rotatable bonds is 0. The molecule has 15 heavy (non-hydrogen) atoms. The molecule has 0 saturated carbocycles. The summed E-state index contributed by atoms with van der Waals surface area (Å²) in [6, 6.07) is 4.62. The maximum Gasteiger partial charge on any atom is 3.00 e. The molecular formula is C11H24N2SiTi. The van der Waals surface area contributed by atoms with Gasteiger partial charge in [0.2, 0.25) is 0 Å². The maximum atomic E-state index is 6.94. The van der Waals surface area contributed by atoms with Crippen molar-refractivity contribution in [2.45, 2.75) is 39.4 Å². The minimum absolute atomic E-state index is 0. The summed E-state index contributed by atoms with van der Waals surface area (Å²) in [6.45, 7) is 9.98. The molecular weight excluding hydrogens is 236 g/mol. The van der Waals surface area contributed by atoms with E-state index in [0.717, 1.165) is 9.52 Å². The first-order valence-electron chi connectivity index (χ1n) is 4.39. The predicted octanol–water partition coefficient (Wildman–Crippen LogP) is 3.62. The molecule has 0 bridgehead atoms. The van der Waals surface area contributed by atoms with Crippen molar-refractivity contribution in [3.63, 3.8) is 0 Å². The van der Waals surface area contributed by atoms with E-state index < -0.39 is 0 Å².